The van der Waals surface area contributed by atoms with E-state index in [9.17, 15) is 0 Å². The maximum Gasteiger partial charge on any atom is 0.191 e. The van der Waals surface area contributed by atoms with Crippen molar-refractivity contribution in [1.29, 1.82) is 0 Å². The van der Waals surface area contributed by atoms with E-state index in [1.807, 2.05) is 35.0 Å². The Kier molecular flexibility index (Phi) is 6.09. The van der Waals surface area contributed by atoms with Crippen LogP contribution in [0.2, 0.25) is 0 Å². The van der Waals surface area contributed by atoms with Gasteiger partial charge in [-0.15, -0.1) is 0 Å². The molecule has 136 valence electrons. The van der Waals surface area contributed by atoms with Gasteiger partial charge in [0.05, 0.1) is 24.2 Å². The third-order valence-corrected chi connectivity index (χ3v) is 4.17. The van der Waals surface area contributed by atoms with E-state index in [-0.39, 0.29) is 0 Å². The summed E-state index contributed by atoms with van der Waals surface area (Å²) in [6.07, 6.45) is 5.77. The minimum absolute atomic E-state index is 0.621. The predicted octanol–water partition coefficient (Wildman–Crippen LogP) is 3.07. The zero-order chi connectivity index (χ0) is 18.2. The first-order valence-electron chi connectivity index (χ1n) is 8.83. The number of aromatic nitrogens is 2. The van der Waals surface area contributed by atoms with Crippen molar-refractivity contribution in [3.63, 3.8) is 0 Å². The van der Waals surface area contributed by atoms with Crippen molar-refractivity contribution in [1.82, 2.24) is 20.4 Å². The number of para-hydroxylation sites is 1. The second-order valence-electron chi connectivity index (χ2n) is 6.06. The number of hydrogen-bond acceptors (Lipinski definition) is 3. The number of rotatable bonds is 7. The zero-order valence-corrected chi connectivity index (χ0v) is 15.3. The van der Waals surface area contributed by atoms with Crippen molar-refractivity contribution < 1.29 is 4.42 Å². The van der Waals surface area contributed by atoms with Crippen LogP contribution in [-0.2, 0) is 13.0 Å². The van der Waals surface area contributed by atoms with Crippen molar-refractivity contribution in [2.24, 2.45) is 4.99 Å². The summed E-state index contributed by atoms with van der Waals surface area (Å²) in [6.45, 7) is 3.52. The molecule has 0 saturated carbocycles. The maximum atomic E-state index is 5.31. The smallest absolute Gasteiger partial charge is 0.191 e. The van der Waals surface area contributed by atoms with Gasteiger partial charge in [-0.05, 0) is 49.6 Å². The van der Waals surface area contributed by atoms with E-state index >= 15 is 0 Å². The van der Waals surface area contributed by atoms with Crippen LogP contribution < -0.4 is 10.6 Å². The number of nitrogens with zero attached hydrogens (tertiary/aromatic N) is 3. The lowest BCUT2D eigenvalue weighted by Gasteiger charge is -2.10. The molecule has 26 heavy (non-hydrogen) atoms. The summed E-state index contributed by atoms with van der Waals surface area (Å²) in [5.41, 5.74) is 3.44. The molecule has 0 spiro atoms. The van der Waals surface area contributed by atoms with Crippen LogP contribution in [0.1, 0.15) is 23.4 Å². The third kappa shape index (κ3) is 4.75. The first-order valence-corrected chi connectivity index (χ1v) is 8.83. The average Bonchev–Trinajstić information content (AvgIpc) is 3.32. The molecule has 3 rings (SSSR count). The van der Waals surface area contributed by atoms with Crippen LogP contribution in [-0.4, -0.2) is 29.3 Å². The Morgan fingerprint density at radius 2 is 2.00 bits per heavy atom. The summed E-state index contributed by atoms with van der Waals surface area (Å²) in [7, 11) is 1.77. The fraction of sp³-hybridized carbons (Fsp3) is 0.300. The van der Waals surface area contributed by atoms with E-state index in [1.54, 1.807) is 13.3 Å². The van der Waals surface area contributed by atoms with Crippen molar-refractivity contribution in [2.75, 3.05) is 13.6 Å². The van der Waals surface area contributed by atoms with Crippen LogP contribution in [0.3, 0.4) is 0 Å². The third-order valence-electron chi connectivity index (χ3n) is 4.17. The van der Waals surface area contributed by atoms with E-state index in [4.69, 9.17) is 4.42 Å². The van der Waals surface area contributed by atoms with Gasteiger partial charge < -0.3 is 15.1 Å². The first-order chi connectivity index (χ1) is 12.8. The van der Waals surface area contributed by atoms with Crippen molar-refractivity contribution >= 4 is 5.96 Å². The molecule has 0 unspecified atom stereocenters. The second-order valence-corrected chi connectivity index (χ2v) is 6.06. The van der Waals surface area contributed by atoms with E-state index in [2.05, 4.69) is 46.0 Å². The van der Waals surface area contributed by atoms with E-state index in [0.29, 0.717) is 6.54 Å². The highest BCUT2D eigenvalue weighted by molar-refractivity contribution is 5.79. The van der Waals surface area contributed by atoms with Crippen molar-refractivity contribution in [3.8, 4) is 5.69 Å². The molecular formula is C20H25N5O. The molecule has 0 aliphatic carbocycles. The van der Waals surface area contributed by atoms with Gasteiger partial charge in [0.25, 0.3) is 0 Å². The summed E-state index contributed by atoms with van der Waals surface area (Å²) < 4.78 is 7.26. The molecular weight excluding hydrogens is 326 g/mol. The van der Waals surface area contributed by atoms with Gasteiger partial charge in [-0.2, -0.15) is 5.10 Å². The van der Waals surface area contributed by atoms with E-state index in [0.717, 1.165) is 42.5 Å². The van der Waals surface area contributed by atoms with Crippen LogP contribution in [0.25, 0.3) is 5.69 Å². The Labute approximate surface area is 153 Å². The molecule has 0 amide bonds. The fourth-order valence-corrected chi connectivity index (χ4v) is 2.74. The average molecular weight is 351 g/mol. The van der Waals surface area contributed by atoms with Crippen LogP contribution in [0.5, 0.6) is 0 Å². The Balaban J connectivity index is 1.45. The molecule has 0 atom stereocenters. The summed E-state index contributed by atoms with van der Waals surface area (Å²) in [4.78, 5) is 4.23. The van der Waals surface area contributed by atoms with Gasteiger partial charge in [-0.25, -0.2) is 4.68 Å². The number of nitrogens with one attached hydrogen (secondary N) is 2. The molecule has 3 aromatic rings. The normalized spacial score (nSPS) is 11.5. The molecule has 0 radical (unpaired) electrons. The SMILES string of the molecule is CN=C(NCCCc1cn(-c2ccccc2)nc1C)NCc1ccco1. The van der Waals surface area contributed by atoms with Gasteiger partial charge >= 0.3 is 0 Å². The van der Waals surface area contributed by atoms with Crippen LogP contribution in [0.15, 0.2) is 64.3 Å². The maximum absolute atomic E-state index is 5.31. The monoisotopic (exact) mass is 351 g/mol. The summed E-state index contributed by atoms with van der Waals surface area (Å²) in [6, 6.07) is 14.0. The number of furan rings is 1. The molecule has 0 saturated heterocycles. The number of hydrogen-bond donors (Lipinski definition) is 2. The van der Waals surface area contributed by atoms with Gasteiger partial charge in [0.2, 0.25) is 0 Å². The Bertz CT molecular complexity index is 821. The molecule has 1 aromatic carbocycles. The van der Waals surface area contributed by atoms with Crippen molar-refractivity contribution in [2.45, 2.75) is 26.3 Å². The standard InChI is InChI=1S/C20H25N5O/c1-16-17(15-25(24-16)18-9-4-3-5-10-18)8-6-12-22-20(21-2)23-14-19-11-7-13-26-19/h3-5,7,9-11,13,15H,6,8,12,14H2,1-2H3,(H2,21,22,23). The van der Waals surface area contributed by atoms with Gasteiger partial charge in [-0.1, -0.05) is 18.2 Å². The minimum atomic E-state index is 0.621. The highest BCUT2D eigenvalue weighted by Crippen LogP contribution is 2.13. The second kappa shape index (κ2) is 8.89. The zero-order valence-electron chi connectivity index (χ0n) is 15.3. The molecule has 2 aromatic heterocycles. The number of guanidine groups is 1. The van der Waals surface area contributed by atoms with Crippen LogP contribution >= 0.6 is 0 Å². The minimum Gasteiger partial charge on any atom is -0.467 e. The van der Waals surface area contributed by atoms with Crippen LogP contribution in [0, 0.1) is 6.92 Å². The topological polar surface area (TPSA) is 67.4 Å². The summed E-state index contributed by atoms with van der Waals surface area (Å²) in [5, 5.41) is 11.2. The number of aryl methyl sites for hydroxylation is 2. The lowest BCUT2D eigenvalue weighted by molar-refractivity contribution is 0.501. The Morgan fingerprint density at radius 1 is 1.15 bits per heavy atom. The van der Waals surface area contributed by atoms with Gasteiger partial charge in [-0.3, -0.25) is 4.99 Å². The van der Waals surface area contributed by atoms with E-state index in [1.165, 1.54) is 5.56 Å². The van der Waals surface area contributed by atoms with Gasteiger partial charge in [0.1, 0.15) is 5.76 Å². The summed E-state index contributed by atoms with van der Waals surface area (Å²) >= 11 is 0. The molecule has 2 heterocycles. The molecule has 6 heteroatoms. The quantitative estimate of drug-likeness (QED) is 0.390. The van der Waals surface area contributed by atoms with Gasteiger partial charge in [0, 0.05) is 19.8 Å². The Hall–Kier alpha value is -3.02. The van der Waals surface area contributed by atoms with Crippen molar-refractivity contribution in [3.05, 3.63) is 71.9 Å². The van der Waals surface area contributed by atoms with E-state index < -0.39 is 0 Å². The largest absolute Gasteiger partial charge is 0.467 e. The lowest BCUT2D eigenvalue weighted by Crippen LogP contribution is -2.37. The number of aliphatic imine (C=N–C) groups is 1. The Morgan fingerprint density at radius 3 is 2.73 bits per heavy atom. The number of benzene rings is 1. The molecule has 6 nitrogen and oxygen atoms in total. The first kappa shape index (κ1) is 17.8. The molecule has 2 N–H and O–H groups in total. The molecule has 0 fully saturated rings. The summed E-state index contributed by atoms with van der Waals surface area (Å²) in [5.74, 6) is 1.66. The fourth-order valence-electron chi connectivity index (χ4n) is 2.74. The molecule has 0 aliphatic rings. The molecule has 0 bridgehead atoms. The molecule has 0 aliphatic heterocycles. The highest BCUT2D eigenvalue weighted by atomic mass is 16.3. The highest BCUT2D eigenvalue weighted by Gasteiger charge is 2.06. The van der Waals surface area contributed by atoms with Crippen LogP contribution in [0.4, 0.5) is 0 Å². The van der Waals surface area contributed by atoms with Gasteiger partial charge in [0.15, 0.2) is 5.96 Å². The lowest BCUT2D eigenvalue weighted by atomic mass is 10.1. The predicted molar refractivity (Wildman–Crippen MR) is 104 cm³/mol.